The van der Waals surface area contributed by atoms with Crippen LogP contribution >= 0.6 is 0 Å². The number of carbonyl (C=O) groups is 2. The first-order chi connectivity index (χ1) is 17.9. The first-order valence-electron chi connectivity index (χ1n) is 12.4. The number of dihydropyridines is 1. The highest BCUT2D eigenvalue weighted by Crippen LogP contribution is 2.40. The third-order valence-corrected chi connectivity index (χ3v) is 5.61. The molecule has 0 amide bonds. The molecule has 1 aliphatic heterocycles. The van der Waals surface area contributed by atoms with E-state index in [9.17, 15) is 19.7 Å². The summed E-state index contributed by atoms with van der Waals surface area (Å²) < 4.78 is 34.0. The molecule has 0 fully saturated rings. The number of nitrogens with zero attached hydrogens (tertiary/aromatic N) is 2. The molecule has 3 rings (SSSR count). The molecule has 0 unspecified atom stereocenters. The highest BCUT2D eigenvalue weighted by molar-refractivity contribution is 5.99. The van der Waals surface area contributed by atoms with Gasteiger partial charge in [-0.15, -0.1) is 0 Å². The number of carbonyl (C=O) groups excluding carboxylic acids is 2. The molecule has 0 aromatic heterocycles. The van der Waals surface area contributed by atoms with E-state index < -0.39 is 29.8 Å². The Morgan fingerprint density at radius 1 is 1.09 bits per heavy atom. The summed E-state index contributed by atoms with van der Waals surface area (Å²) in [7, 11) is 1.20. The van der Waals surface area contributed by atoms with Gasteiger partial charge in [0.15, 0.2) is 0 Å². The van der Waals surface area contributed by atoms with Crippen LogP contribution in [0.2, 0.25) is 0 Å². The van der Waals surface area contributed by atoms with E-state index in [1.165, 1.54) is 30.2 Å². The smallest absolute Gasteiger partial charge is 0.336 e. The zero-order chi connectivity index (χ0) is 28.0. The minimum absolute atomic E-state index is 0.0694. The molecule has 0 aliphatic carbocycles. The number of methoxy groups -OCH3 is 1. The Hall–Kier alpha value is -3.98. The minimum atomic E-state index is -2.42. The fourth-order valence-electron chi connectivity index (χ4n) is 4.01. The van der Waals surface area contributed by atoms with Gasteiger partial charge in [-0.25, -0.2) is 9.59 Å². The SMILES string of the molecule is [2H]C([2H])([2H])N(CCOC(=O)C1=C(C)NC(C)=C(C(=O)OC)[C@H]1c1cccc([N+](=O)[O-])c1)Cc1ccccc1. The lowest BCUT2D eigenvalue weighted by Gasteiger charge is -2.30. The zero-order valence-corrected chi connectivity index (χ0v) is 19.7. The summed E-state index contributed by atoms with van der Waals surface area (Å²) in [6.45, 7) is 0.661. The van der Waals surface area contributed by atoms with Crippen LogP contribution in [-0.4, -0.2) is 49.0 Å². The number of esters is 2. The number of hydrogen-bond acceptors (Lipinski definition) is 8. The highest BCUT2D eigenvalue weighted by Gasteiger charge is 2.38. The fraction of sp³-hybridized carbons (Fsp3) is 0.308. The Bertz CT molecular complexity index is 1270. The molecule has 0 bridgehead atoms. The molecule has 1 heterocycles. The van der Waals surface area contributed by atoms with Gasteiger partial charge in [-0.1, -0.05) is 42.5 Å². The van der Waals surface area contributed by atoms with Crippen molar-refractivity contribution in [2.45, 2.75) is 26.3 Å². The van der Waals surface area contributed by atoms with Crippen molar-refractivity contribution in [2.75, 3.05) is 27.2 Å². The van der Waals surface area contributed by atoms with Crippen molar-refractivity contribution in [1.82, 2.24) is 10.2 Å². The second kappa shape index (κ2) is 11.4. The highest BCUT2D eigenvalue weighted by atomic mass is 16.6. The van der Waals surface area contributed by atoms with Crippen molar-refractivity contribution >= 4 is 17.6 Å². The van der Waals surface area contributed by atoms with Crippen LogP contribution in [0.4, 0.5) is 5.69 Å². The van der Waals surface area contributed by atoms with Gasteiger partial charge in [0.1, 0.15) is 6.61 Å². The van der Waals surface area contributed by atoms with Crippen molar-refractivity contribution in [2.24, 2.45) is 0 Å². The van der Waals surface area contributed by atoms with E-state index in [1.54, 1.807) is 44.2 Å². The maximum Gasteiger partial charge on any atom is 0.336 e. The lowest BCUT2D eigenvalue weighted by Crippen LogP contribution is -2.33. The predicted molar refractivity (Wildman–Crippen MR) is 130 cm³/mol. The van der Waals surface area contributed by atoms with E-state index in [4.69, 9.17) is 13.6 Å². The van der Waals surface area contributed by atoms with Gasteiger partial charge in [0.2, 0.25) is 0 Å². The molecule has 35 heavy (non-hydrogen) atoms. The maximum absolute atomic E-state index is 13.4. The monoisotopic (exact) mass is 482 g/mol. The Labute approximate surface area is 208 Å². The number of nitro groups is 1. The van der Waals surface area contributed by atoms with Gasteiger partial charge < -0.3 is 14.8 Å². The number of rotatable bonds is 9. The molecular weight excluding hydrogens is 450 g/mol. The second-order valence-electron chi connectivity index (χ2n) is 8.02. The van der Waals surface area contributed by atoms with Gasteiger partial charge in [-0.05, 0) is 32.0 Å². The Balaban J connectivity index is 1.88. The van der Waals surface area contributed by atoms with Crippen LogP contribution in [0.3, 0.4) is 0 Å². The van der Waals surface area contributed by atoms with Gasteiger partial charge in [-0.3, -0.25) is 15.0 Å². The maximum atomic E-state index is 13.4. The van der Waals surface area contributed by atoms with E-state index in [2.05, 4.69) is 5.32 Å². The average Bonchev–Trinajstić information content (AvgIpc) is 2.87. The van der Waals surface area contributed by atoms with Crippen molar-refractivity contribution in [3.05, 3.63) is 98.4 Å². The lowest BCUT2D eigenvalue weighted by atomic mass is 9.80. The Morgan fingerprint density at radius 3 is 2.40 bits per heavy atom. The van der Waals surface area contributed by atoms with Crippen LogP contribution in [0.25, 0.3) is 0 Å². The number of hydrogen-bond donors (Lipinski definition) is 1. The number of ether oxygens (including phenoxy) is 2. The molecule has 9 heteroatoms. The van der Waals surface area contributed by atoms with E-state index in [0.717, 1.165) is 5.56 Å². The largest absolute Gasteiger partial charge is 0.466 e. The molecule has 1 atom stereocenters. The summed E-state index contributed by atoms with van der Waals surface area (Å²) in [4.78, 5) is 38.2. The van der Waals surface area contributed by atoms with Gasteiger partial charge in [-0.2, -0.15) is 0 Å². The summed E-state index contributed by atoms with van der Waals surface area (Å²) in [6.07, 6.45) is 0. The first-order valence-corrected chi connectivity index (χ1v) is 10.9. The Kier molecular flexibility index (Phi) is 7.04. The van der Waals surface area contributed by atoms with Crippen molar-refractivity contribution in [3.63, 3.8) is 0 Å². The number of allylic oxidation sites excluding steroid dienone is 2. The number of likely N-dealkylation sites (N-methyl/N-ethyl adjacent to an activating group) is 1. The van der Waals surface area contributed by atoms with E-state index in [1.807, 2.05) is 6.07 Å². The molecule has 0 spiro atoms. The van der Waals surface area contributed by atoms with Gasteiger partial charge in [0, 0.05) is 40.7 Å². The quantitative estimate of drug-likeness (QED) is 0.327. The van der Waals surface area contributed by atoms with Gasteiger partial charge in [0.05, 0.1) is 29.1 Å². The van der Waals surface area contributed by atoms with Crippen molar-refractivity contribution in [3.8, 4) is 0 Å². The Morgan fingerprint density at radius 2 is 1.77 bits per heavy atom. The summed E-state index contributed by atoms with van der Waals surface area (Å²) >= 11 is 0. The third-order valence-electron chi connectivity index (χ3n) is 5.61. The van der Waals surface area contributed by atoms with Crippen LogP contribution in [0.1, 0.15) is 35.0 Å². The minimum Gasteiger partial charge on any atom is -0.466 e. The molecule has 2 aromatic rings. The molecule has 1 N–H and O–H groups in total. The second-order valence-corrected chi connectivity index (χ2v) is 8.02. The van der Waals surface area contributed by atoms with E-state index in [0.29, 0.717) is 17.0 Å². The number of benzene rings is 2. The number of non-ortho nitro benzene ring substituents is 1. The van der Waals surface area contributed by atoms with Gasteiger partial charge >= 0.3 is 11.9 Å². The zero-order valence-electron chi connectivity index (χ0n) is 22.7. The molecule has 0 radical (unpaired) electrons. The fourth-order valence-corrected chi connectivity index (χ4v) is 4.01. The van der Waals surface area contributed by atoms with Crippen molar-refractivity contribution < 1.29 is 28.1 Å². The van der Waals surface area contributed by atoms with Gasteiger partial charge in [0.25, 0.3) is 5.69 Å². The first kappa shape index (κ1) is 21.5. The lowest BCUT2D eigenvalue weighted by molar-refractivity contribution is -0.384. The van der Waals surface area contributed by atoms with E-state index in [-0.39, 0.29) is 36.5 Å². The predicted octanol–water partition coefficient (Wildman–Crippen LogP) is 3.68. The summed E-state index contributed by atoms with van der Waals surface area (Å²) in [5, 5.41) is 14.4. The molecule has 0 saturated carbocycles. The normalized spacial score (nSPS) is 17.3. The van der Waals surface area contributed by atoms with Crippen molar-refractivity contribution in [1.29, 1.82) is 0 Å². The molecule has 0 saturated heterocycles. The molecule has 1 aliphatic rings. The van der Waals surface area contributed by atoms with Crippen LogP contribution in [-0.2, 0) is 25.6 Å². The van der Waals surface area contributed by atoms with E-state index >= 15 is 0 Å². The number of nitro benzene ring substituents is 1. The van der Waals surface area contributed by atoms with Crippen LogP contribution in [0.15, 0.2) is 77.1 Å². The summed E-state index contributed by atoms with van der Waals surface area (Å²) in [5.41, 5.74) is 1.92. The summed E-state index contributed by atoms with van der Waals surface area (Å²) in [6, 6.07) is 14.7. The van der Waals surface area contributed by atoms with Crippen LogP contribution < -0.4 is 5.32 Å². The standard InChI is InChI=1S/C26H29N3O6/c1-17-22(25(30)34-4)24(20-11-8-12-21(15-20)29(32)33)23(18(2)27-17)26(31)35-14-13-28(3)16-19-9-6-5-7-10-19/h5-12,15,24,27H,13-14,16H2,1-4H3/t24-/m1/s1/i3D3. The topological polar surface area (TPSA) is 111 Å². The third kappa shape index (κ3) is 6.13. The molecule has 2 aromatic carbocycles. The average molecular weight is 483 g/mol. The summed E-state index contributed by atoms with van der Waals surface area (Å²) in [5.74, 6) is -2.49. The van der Waals surface area contributed by atoms with Crippen LogP contribution in [0, 0.1) is 10.1 Å². The molecule has 184 valence electrons. The molecule has 9 nitrogen and oxygen atoms in total. The molecular formula is C26H29N3O6. The number of nitrogens with one attached hydrogen (secondary N) is 1. The van der Waals surface area contributed by atoms with Crippen LogP contribution in [0.5, 0.6) is 0 Å².